The normalized spacial score (nSPS) is 21.9. The first-order valence-corrected chi connectivity index (χ1v) is 8.25. The number of rotatable bonds is 5. The topological polar surface area (TPSA) is 59.6 Å². The van der Waals surface area contributed by atoms with E-state index in [9.17, 15) is 3.89 Å². The summed E-state index contributed by atoms with van der Waals surface area (Å²) < 4.78 is 12.1. The van der Waals surface area contributed by atoms with Crippen molar-refractivity contribution in [2.24, 2.45) is 5.41 Å². The molecule has 0 fully saturated rings. The molecule has 0 aromatic carbocycles. The Balaban J connectivity index is 2.23. The molecule has 0 aromatic heterocycles. The molecule has 118 valence electrons. The minimum atomic E-state index is -0.151. The van der Waals surface area contributed by atoms with Crippen LogP contribution in [-0.4, -0.2) is 12.3 Å². The predicted molar refractivity (Wildman–Crippen MR) is 91.6 cm³/mol. The van der Waals surface area contributed by atoms with Crippen LogP contribution in [0.1, 0.15) is 20.3 Å². The van der Waals surface area contributed by atoms with Crippen LogP contribution in [0.25, 0.3) is 0 Å². The molecular formula is C18H18FN3S. The van der Waals surface area contributed by atoms with Crippen LogP contribution in [0, 0.1) is 28.1 Å². The van der Waals surface area contributed by atoms with Gasteiger partial charge in [0.05, 0.1) is 0 Å². The highest BCUT2D eigenvalue weighted by Crippen LogP contribution is 2.42. The monoisotopic (exact) mass is 327 g/mol. The summed E-state index contributed by atoms with van der Waals surface area (Å²) in [5.41, 5.74) is 3.80. The molecule has 0 aromatic rings. The maximum atomic E-state index is 12.1. The molecule has 5 heteroatoms. The fraction of sp³-hybridized carbons (Fsp3) is 0.333. The molecule has 1 unspecified atom stereocenters. The standard InChI is InChI=1S/C18H18FN3S/c1-13(15(11-20)12-21)14-3-4-16-9-17(22-7-8-23-19)5-6-18(16,2)10-14/h3-5,9-10,22H,6-8H2,1-2H3. The molecule has 1 atom stereocenters. The van der Waals surface area contributed by atoms with E-state index >= 15 is 0 Å². The third-order valence-corrected chi connectivity index (χ3v) is 4.53. The number of hydrogen-bond acceptors (Lipinski definition) is 4. The minimum absolute atomic E-state index is 0.148. The maximum Gasteiger partial charge on any atom is 0.133 e. The first-order valence-electron chi connectivity index (χ1n) is 7.36. The van der Waals surface area contributed by atoms with Crippen LogP contribution >= 0.6 is 12.1 Å². The third kappa shape index (κ3) is 3.75. The van der Waals surface area contributed by atoms with Crippen molar-refractivity contribution in [3.63, 3.8) is 0 Å². The zero-order valence-electron chi connectivity index (χ0n) is 13.2. The van der Waals surface area contributed by atoms with Crippen LogP contribution in [0.4, 0.5) is 3.89 Å². The van der Waals surface area contributed by atoms with Crippen molar-refractivity contribution >= 4 is 12.1 Å². The van der Waals surface area contributed by atoms with E-state index in [1.54, 1.807) is 6.92 Å². The fourth-order valence-corrected chi connectivity index (χ4v) is 2.89. The Morgan fingerprint density at radius 3 is 2.78 bits per heavy atom. The second-order valence-corrected chi connectivity index (χ2v) is 6.40. The van der Waals surface area contributed by atoms with Crippen LogP contribution in [0.3, 0.4) is 0 Å². The second kappa shape index (κ2) is 7.35. The Hall–Kier alpha value is -2.24. The molecule has 3 nitrogen and oxygen atoms in total. The average molecular weight is 327 g/mol. The van der Waals surface area contributed by atoms with Gasteiger partial charge in [-0.15, -0.1) is 0 Å². The average Bonchev–Trinajstić information content (AvgIpc) is 2.55. The van der Waals surface area contributed by atoms with Gasteiger partial charge in [-0.2, -0.15) is 14.4 Å². The van der Waals surface area contributed by atoms with Gasteiger partial charge in [0.2, 0.25) is 0 Å². The molecular weight excluding hydrogens is 309 g/mol. The highest BCUT2D eigenvalue weighted by atomic mass is 32.2. The van der Waals surface area contributed by atoms with E-state index in [1.807, 2.05) is 24.3 Å². The highest BCUT2D eigenvalue weighted by Gasteiger charge is 2.30. The van der Waals surface area contributed by atoms with Crippen molar-refractivity contribution in [1.29, 1.82) is 10.5 Å². The number of nitriles is 2. The van der Waals surface area contributed by atoms with Gasteiger partial charge in [0.25, 0.3) is 0 Å². The molecule has 2 aliphatic rings. The summed E-state index contributed by atoms with van der Waals surface area (Å²) in [7, 11) is 0. The van der Waals surface area contributed by atoms with Crippen LogP contribution in [0.5, 0.6) is 0 Å². The number of nitrogens with one attached hydrogen (secondary N) is 1. The molecule has 0 saturated carbocycles. The molecule has 0 saturated heterocycles. The Kier molecular flexibility index (Phi) is 5.47. The van der Waals surface area contributed by atoms with Gasteiger partial charge in [-0.3, -0.25) is 0 Å². The van der Waals surface area contributed by atoms with Gasteiger partial charge in [0.1, 0.15) is 17.7 Å². The third-order valence-electron chi connectivity index (χ3n) is 4.17. The number of fused-ring (bicyclic) bond motifs is 1. The highest BCUT2D eigenvalue weighted by molar-refractivity contribution is 7.94. The summed E-state index contributed by atoms with van der Waals surface area (Å²) in [6.07, 6.45) is 11.1. The first-order chi connectivity index (χ1) is 11.0. The van der Waals surface area contributed by atoms with E-state index in [1.165, 1.54) is 5.57 Å². The van der Waals surface area contributed by atoms with Crippen molar-refractivity contribution in [2.45, 2.75) is 20.3 Å². The Morgan fingerprint density at radius 2 is 2.13 bits per heavy atom. The summed E-state index contributed by atoms with van der Waals surface area (Å²) in [6, 6.07) is 3.89. The summed E-state index contributed by atoms with van der Waals surface area (Å²) >= 11 is 0.331. The summed E-state index contributed by atoms with van der Waals surface area (Å²) in [5, 5.41) is 21.3. The zero-order valence-corrected chi connectivity index (χ0v) is 14.0. The van der Waals surface area contributed by atoms with E-state index in [0.717, 1.165) is 17.7 Å². The van der Waals surface area contributed by atoms with E-state index in [4.69, 9.17) is 10.5 Å². The first kappa shape index (κ1) is 17.1. The lowest BCUT2D eigenvalue weighted by Gasteiger charge is -2.34. The van der Waals surface area contributed by atoms with Gasteiger partial charge >= 0.3 is 0 Å². The van der Waals surface area contributed by atoms with Gasteiger partial charge in [0.15, 0.2) is 0 Å². The Morgan fingerprint density at radius 1 is 1.39 bits per heavy atom. The van der Waals surface area contributed by atoms with Crippen molar-refractivity contribution in [3.8, 4) is 12.1 Å². The van der Waals surface area contributed by atoms with Gasteiger partial charge in [0, 0.05) is 35.6 Å². The van der Waals surface area contributed by atoms with Gasteiger partial charge in [-0.05, 0) is 36.1 Å². The largest absolute Gasteiger partial charge is 0.384 e. The summed E-state index contributed by atoms with van der Waals surface area (Å²) in [6.45, 7) is 4.53. The molecule has 0 aliphatic heterocycles. The van der Waals surface area contributed by atoms with E-state index in [-0.39, 0.29) is 11.0 Å². The SMILES string of the molecule is CC(C1=CC2(C)CC=C(NCCSF)C=C2C=C1)=C(C#N)C#N. The second-order valence-electron chi connectivity index (χ2n) is 5.78. The lowest BCUT2D eigenvalue weighted by Crippen LogP contribution is -2.25. The van der Waals surface area contributed by atoms with Gasteiger partial charge < -0.3 is 5.32 Å². The van der Waals surface area contributed by atoms with Crippen molar-refractivity contribution in [1.82, 2.24) is 5.32 Å². The van der Waals surface area contributed by atoms with Crippen molar-refractivity contribution in [2.75, 3.05) is 12.3 Å². The quantitative estimate of drug-likeness (QED) is 0.605. The maximum absolute atomic E-state index is 12.1. The minimum Gasteiger partial charge on any atom is -0.384 e. The van der Waals surface area contributed by atoms with Crippen LogP contribution in [0.15, 0.2) is 58.4 Å². The van der Waals surface area contributed by atoms with E-state index in [0.29, 0.717) is 30.0 Å². The lowest BCUT2D eigenvalue weighted by atomic mass is 9.71. The molecule has 0 heterocycles. The number of halogens is 1. The van der Waals surface area contributed by atoms with Gasteiger partial charge in [-0.25, -0.2) is 0 Å². The van der Waals surface area contributed by atoms with E-state index in [2.05, 4.69) is 30.5 Å². The Labute approximate surface area is 140 Å². The van der Waals surface area contributed by atoms with E-state index < -0.39 is 0 Å². The smallest absolute Gasteiger partial charge is 0.133 e. The Bertz CT molecular complexity index is 712. The summed E-state index contributed by atoms with van der Waals surface area (Å²) in [4.78, 5) is 0. The molecule has 0 radical (unpaired) electrons. The van der Waals surface area contributed by atoms with Crippen molar-refractivity contribution < 1.29 is 3.89 Å². The molecule has 0 spiro atoms. The van der Waals surface area contributed by atoms with Crippen LogP contribution in [-0.2, 0) is 0 Å². The molecule has 0 bridgehead atoms. The summed E-state index contributed by atoms with van der Waals surface area (Å²) in [5.74, 6) is 0.423. The molecule has 2 rings (SSSR count). The molecule has 2 aliphatic carbocycles. The van der Waals surface area contributed by atoms with Gasteiger partial charge in [-0.1, -0.05) is 31.2 Å². The molecule has 0 amide bonds. The van der Waals surface area contributed by atoms with Crippen LogP contribution in [0.2, 0.25) is 0 Å². The van der Waals surface area contributed by atoms with Crippen LogP contribution < -0.4 is 5.32 Å². The molecule has 23 heavy (non-hydrogen) atoms. The number of nitrogens with zero attached hydrogens (tertiary/aromatic N) is 2. The zero-order chi connectivity index (χ0) is 16.9. The lowest BCUT2D eigenvalue weighted by molar-refractivity contribution is 0.516. The fourth-order valence-electron chi connectivity index (χ4n) is 2.71. The predicted octanol–water partition coefficient (Wildman–Crippen LogP) is 4.27. The van der Waals surface area contributed by atoms with Crippen molar-refractivity contribution in [3.05, 3.63) is 58.4 Å². The molecule has 1 N–H and O–H groups in total. The number of hydrogen-bond donors (Lipinski definition) is 1. The number of allylic oxidation sites excluding steroid dienone is 9.